The quantitative estimate of drug-likeness (QED) is 0.551. The highest BCUT2D eigenvalue weighted by Gasteiger charge is 2.30. The highest BCUT2D eigenvalue weighted by molar-refractivity contribution is 14.1. The molecule has 2 saturated carbocycles. The summed E-state index contributed by atoms with van der Waals surface area (Å²) in [5.74, 6) is 0. The monoisotopic (exact) mass is 266 g/mol. The molecule has 2 heteroatoms. The maximum atomic E-state index is 5.95. The molecule has 0 saturated heterocycles. The summed E-state index contributed by atoms with van der Waals surface area (Å²) in [6.07, 6.45) is 9.33. The summed E-state index contributed by atoms with van der Waals surface area (Å²) >= 11 is 2.54. The van der Waals surface area contributed by atoms with E-state index >= 15 is 0 Å². The maximum Gasteiger partial charge on any atom is 0.0696 e. The van der Waals surface area contributed by atoms with Gasteiger partial charge in [-0.25, -0.2) is 0 Å². The number of alkyl halides is 1. The Balaban J connectivity index is 1.75. The third-order valence-electron chi connectivity index (χ3n) is 2.79. The molecule has 2 fully saturated rings. The molecule has 0 aromatic heterocycles. The highest BCUT2D eigenvalue weighted by atomic mass is 127. The molecule has 11 heavy (non-hydrogen) atoms. The molecular weight excluding hydrogens is 251 g/mol. The summed E-state index contributed by atoms with van der Waals surface area (Å²) < 4.78 is 6.75. The maximum absolute atomic E-state index is 5.95. The van der Waals surface area contributed by atoms with Gasteiger partial charge in [-0.15, -0.1) is 0 Å². The van der Waals surface area contributed by atoms with Gasteiger partial charge in [-0.2, -0.15) is 0 Å². The average Bonchev–Trinajstić information content (AvgIpc) is 2.27. The standard InChI is InChI=1S/C9H15IO/c10-8-5-2-6-9(8)11-7-3-1-4-7/h7-9H,1-6H2. The number of halogens is 1. The lowest BCUT2D eigenvalue weighted by atomic mass is 9.96. The predicted octanol–water partition coefficient (Wildman–Crippen LogP) is 2.91. The van der Waals surface area contributed by atoms with Crippen LogP contribution in [0.15, 0.2) is 0 Å². The van der Waals surface area contributed by atoms with E-state index < -0.39 is 0 Å². The van der Waals surface area contributed by atoms with Crippen LogP contribution in [0.1, 0.15) is 38.5 Å². The zero-order valence-corrected chi connectivity index (χ0v) is 8.92. The van der Waals surface area contributed by atoms with Crippen molar-refractivity contribution in [3.63, 3.8) is 0 Å². The Hall–Kier alpha value is 0.690. The van der Waals surface area contributed by atoms with Gasteiger partial charge in [0.1, 0.15) is 0 Å². The van der Waals surface area contributed by atoms with E-state index in [0.717, 1.165) is 3.92 Å². The zero-order chi connectivity index (χ0) is 7.68. The second-order valence-electron chi connectivity index (χ2n) is 3.67. The molecule has 2 rings (SSSR count). The van der Waals surface area contributed by atoms with Gasteiger partial charge in [0.05, 0.1) is 12.2 Å². The van der Waals surface area contributed by atoms with Crippen molar-refractivity contribution >= 4 is 22.6 Å². The largest absolute Gasteiger partial charge is 0.374 e. The van der Waals surface area contributed by atoms with Gasteiger partial charge in [0.2, 0.25) is 0 Å². The van der Waals surface area contributed by atoms with Gasteiger partial charge in [-0.3, -0.25) is 0 Å². The molecule has 0 heterocycles. The molecule has 0 radical (unpaired) electrons. The SMILES string of the molecule is IC1CCCC1OC1CCC1. The summed E-state index contributed by atoms with van der Waals surface area (Å²) in [5.41, 5.74) is 0. The summed E-state index contributed by atoms with van der Waals surface area (Å²) in [6.45, 7) is 0. The molecule has 0 bridgehead atoms. The van der Waals surface area contributed by atoms with Crippen LogP contribution in [0, 0.1) is 0 Å². The van der Waals surface area contributed by atoms with E-state index in [-0.39, 0.29) is 0 Å². The number of hydrogen-bond donors (Lipinski definition) is 0. The van der Waals surface area contributed by atoms with Crippen molar-refractivity contribution in [2.24, 2.45) is 0 Å². The van der Waals surface area contributed by atoms with Crippen LogP contribution in [0.4, 0.5) is 0 Å². The summed E-state index contributed by atoms with van der Waals surface area (Å²) in [4.78, 5) is 0. The molecule has 2 unspecified atom stereocenters. The van der Waals surface area contributed by atoms with Gasteiger partial charge in [-0.05, 0) is 38.5 Å². The van der Waals surface area contributed by atoms with Gasteiger partial charge in [-0.1, -0.05) is 22.6 Å². The zero-order valence-electron chi connectivity index (χ0n) is 6.76. The van der Waals surface area contributed by atoms with Crippen molar-refractivity contribution in [2.45, 2.75) is 54.7 Å². The second kappa shape index (κ2) is 3.60. The third-order valence-corrected chi connectivity index (χ3v) is 4.22. The van der Waals surface area contributed by atoms with Gasteiger partial charge >= 0.3 is 0 Å². The highest BCUT2D eigenvalue weighted by Crippen LogP contribution is 2.33. The molecule has 0 aromatic carbocycles. The van der Waals surface area contributed by atoms with Crippen molar-refractivity contribution in [1.82, 2.24) is 0 Å². The Morgan fingerprint density at radius 1 is 1.00 bits per heavy atom. The Morgan fingerprint density at radius 2 is 1.73 bits per heavy atom. The van der Waals surface area contributed by atoms with Crippen molar-refractivity contribution in [3.8, 4) is 0 Å². The topological polar surface area (TPSA) is 9.23 Å². The lowest BCUT2D eigenvalue weighted by Gasteiger charge is -2.30. The van der Waals surface area contributed by atoms with E-state index in [9.17, 15) is 0 Å². The molecule has 0 aliphatic heterocycles. The van der Waals surface area contributed by atoms with E-state index in [1.165, 1.54) is 38.5 Å². The Bertz CT molecular complexity index is 134. The summed E-state index contributed by atoms with van der Waals surface area (Å²) in [5, 5.41) is 0. The number of hydrogen-bond acceptors (Lipinski definition) is 1. The molecular formula is C9H15IO. The van der Waals surface area contributed by atoms with Crippen LogP contribution in [0.3, 0.4) is 0 Å². The first kappa shape index (κ1) is 8.30. The van der Waals surface area contributed by atoms with E-state index in [1.807, 2.05) is 0 Å². The summed E-state index contributed by atoms with van der Waals surface area (Å²) in [6, 6.07) is 0. The minimum absolute atomic E-state index is 0.598. The fraction of sp³-hybridized carbons (Fsp3) is 1.00. The van der Waals surface area contributed by atoms with Crippen LogP contribution in [-0.4, -0.2) is 16.1 Å². The Morgan fingerprint density at radius 3 is 2.18 bits per heavy atom. The third kappa shape index (κ3) is 1.89. The van der Waals surface area contributed by atoms with Crippen molar-refractivity contribution < 1.29 is 4.74 Å². The van der Waals surface area contributed by atoms with Crippen LogP contribution in [-0.2, 0) is 4.74 Å². The molecule has 2 aliphatic rings. The number of rotatable bonds is 2. The molecule has 2 atom stereocenters. The van der Waals surface area contributed by atoms with E-state index in [4.69, 9.17) is 4.74 Å². The van der Waals surface area contributed by atoms with Crippen molar-refractivity contribution in [3.05, 3.63) is 0 Å². The van der Waals surface area contributed by atoms with Gasteiger partial charge < -0.3 is 4.74 Å². The van der Waals surface area contributed by atoms with E-state index in [1.54, 1.807) is 0 Å². The fourth-order valence-electron chi connectivity index (χ4n) is 1.79. The minimum atomic E-state index is 0.598. The molecule has 0 N–H and O–H groups in total. The fourth-order valence-corrected chi connectivity index (χ4v) is 2.76. The van der Waals surface area contributed by atoms with Crippen LogP contribution >= 0.6 is 22.6 Å². The van der Waals surface area contributed by atoms with Crippen LogP contribution < -0.4 is 0 Å². The normalized spacial score (nSPS) is 39.0. The lowest BCUT2D eigenvalue weighted by Crippen LogP contribution is -2.30. The smallest absolute Gasteiger partial charge is 0.0696 e. The second-order valence-corrected chi connectivity index (χ2v) is 5.27. The van der Waals surface area contributed by atoms with Crippen molar-refractivity contribution in [1.29, 1.82) is 0 Å². The Kier molecular flexibility index (Phi) is 2.72. The first-order valence-electron chi connectivity index (χ1n) is 4.66. The van der Waals surface area contributed by atoms with Gasteiger partial charge in [0.15, 0.2) is 0 Å². The first-order chi connectivity index (χ1) is 5.36. The summed E-state index contributed by atoms with van der Waals surface area (Å²) in [7, 11) is 0. The predicted molar refractivity (Wildman–Crippen MR) is 54.2 cm³/mol. The molecule has 0 aromatic rings. The van der Waals surface area contributed by atoms with Crippen LogP contribution in [0.25, 0.3) is 0 Å². The van der Waals surface area contributed by atoms with Gasteiger partial charge in [0.25, 0.3) is 0 Å². The van der Waals surface area contributed by atoms with Gasteiger partial charge in [0, 0.05) is 3.92 Å². The molecule has 1 nitrogen and oxygen atoms in total. The van der Waals surface area contributed by atoms with Crippen LogP contribution in [0.5, 0.6) is 0 Å². The van der Waals surface area contributed by atoms with Crippen LogP contribution in [0.2, 0.25) is 0 Å². The first-order valence-corrected chi connectivity index (χ1v) is 5.90. The Labute approximate surface area is 82.0 Å². The average molecular weight is 266 g/mol. The molecule has 0 amide bonds. The lowest BCUT2D eigenvalue weighted by molar-refractivity contribution is -0.0436. The molecule has 64 valence electrons. The minimum Gasteiger partial charge on any atom is -0.374 e. The molecule has 2 aliphatic carbocycles. The van der Waals surface area contributed by atoms with E-state index in [2.05, 4.69) is 22.6 Å². The molecule has 0 spiro atoms. The number of ether oxygens (including phenoxy) is 1. The van der Waals surface area contributed by atoms with E-state index in [0.29, 0.717) is 12.2 Å². The van der Waals surface area contributed by atoms with Crippen molar-refractivity contribution in [2.75, 3.05) is 0 Å².